The SMILES string of the molecule is COc1cccc(C(=O)Oc2ccccc2C=NNC(=O)C(=O)NCc2ccccc2)c1. The van der Waals surface area contributed by atoms with Crippen LogP contribution in [0.2, 0.25) is 0 Å². The van der Waals surface area contributed by atoms with Crippen LogP contribution >= 0.6 is 0 Å². The molecule has 8 nitrogen and oxygen atoms in total. The van der Waals surface area contributed by atoms with E-state index in [-0.39, 0.29) is 12.3 Å². The Labute approximate surface area is 184 Å². The Morgan fingerprint density at radius 1 is 0.906 bits per heavy atom. The molecule has 0 heterocycles. The van der Waals surface area contributed by atoms with Gasteiger partial charge in [-0.05, 0) is 35.9 Å². The molecule has 3 aromatic rings. The lowest BCUT2D eigenvalue weighted by Crippen LogP contribution is -2.37. The second-order valence-corrected chi connectivity index (χ2v) is 6.53. The van der Waals surface area contributed by atoms with Crippen molar-refractivity contribution >= 4 is 24.0 Å². The number of hydrogen-bond acceptors (Lipinski definition) is 6. The van der Waals surface area contributed by atoms with Crippen LogP contribution in [0.4, 0.5) is 0 Å². The molecule has 162 valence electrons. The van der Waals surface area contributed by atoms with Gasteiger partial charge in [0.05, 0.1) is 18.9 Å². The molecule has 0 aromatic heterocycles. The molecule has 0 aliphatic rings. The molecule has 0 spiro atoms. The number of hydrazone groups is 1. The second kappa shape index (κ2) is 11.1. The summed E-state index contributed by atoms with van der Waals surface area (Å²) in [5.41, 5.74) is 3.78. The zero-order valence-corrected chi connectivity index (χ0v) is 17.3. The number of nitrogens with zero attached hydrogens (tertiary/aromatic N) is 1. The number of esters is 1. The number of amides is 2. The van der Waals surface area contributed by atoms with Crippen molar-refractivity contribution < 1.29 is 23.9 Å². The van der Waals surface area contributed by atoms with Crippen LogP contribution in [0.5, 0.6) is 11.5 Å². The summed E-state index contributed by atoms with van der Waals surface area (Å²) in [5, 5.41) is 6.30. The third-order valence-corrected chi connectivity index (χ3v) is 4.30. The van der Waals surface area contributed by atoms with Crippen molar-refractivity contribution in [2.24, 2.45) is 5.10 Å². The summed E-state index contributed by atoms with van der Waals surface area (Å²) in [6.07, 6.45) is 1.29. The van der Waals surface area contributed by atoms with Crippen LogP contribution in [-0.4, -0.2) is 31.1 Å². The molecule has 3 aromatic carbocycles. The lowest BCUT2D eigenvalue weighted by atomic mass is 10.2. The van der Waals surface area contributed by atoms with Gasteiger partial charge in [0.25, 0.3) is 0 Å². The number of methoxy groups -OCH3 is 1. The van der Waals surface area contributed by atoms with Gasteiger partial charge in [0.2, 0.25) is 0 Å². The van der Waals surface area contributed by atoms with Crippen molar-refractivity contribution in [2.45, 2.75) is 6.54 Å². The summed E-state index contributed by atoms with van der Waals surface area (Å²) >= 11 is 0. The zero-order valence-electron chi connectivity index (χ0n) is 17.3. The first-order valence-corrected chi connectivity index (χ1v) is 9.67. The van der Waals surface area contributed by atoms with Crippen molar-refractivity contribution in [3.8, 4) is 11.5 Å². The number of benzene rings is 3. The molecule has 3 rings (SSSR count). The Bertz CT molecular complexity index is 1130. The first-order chi connectivity index (χ1) is 15.6. The number of nitrogens with one attached hydrogen (secondary N) is 2. The molecule has 2 amide bonds. The van der Waals surface area contributed by atoms with Gasteiger partial charge in [-0.15, -0.1) is 0 Å². The van der Waals surface area contributed by atoms with E-state index in [1.54, 1.807) is 48.5 Å². The Morgan fingerprint density at radius 3 is 2.44 bits per heavy atom. The number of para-hydroxylation sites is 1. The third-order valence-electron chi connectivity index (χ3n) is 4.30. The van der Waals surface area contributed by atoms with Gasteiger partial charge in [0, 0.05) is 12.1 Å². The van der Waals surface area contributed by atoms with Gasteiger partial charge in [-0.2, -0.15) is 5.10 Å². The summed E-state index contributed by atoms with van der Waals surface area (Å²) in [6.45, 7) is 0.222. The molecular weight excluding hydrogens is 410 g/mol. The zero-order chi connectivity index (χ0) is 22.8. The van der Waals surface area contributed by atoms with E-state index >= 15 is 0 Å². The van der Waals surface area contributed by atoms with Crippen LogP contribution in [-0.2, 0) is 16.1 Å². The van der Waals surface area contributed by atoms with Crippen molar-refractivity contribution in [1.82, 2.24) is 10.7 Å². The van der Waals surface area contributed by atoms with E-state index in [9.17, 15) is 14.4 Å². The van der Waals surface area contributed by atoms with E-state index in [2.05, 4.69) is 15.8 Å². The largest absolute Gasteiger partial charge is 0.497 e. The van der Waals surface area contributed by atoms with E-state index in [0.717, 1.165) is 5.56 Å². The summed E-state index contributed by atoms with van der Waals surface area (Å²) in [6, 6.07) is 22.4. The molecule has 0 unspecified atom stereocenters. The maximum atomic E-state index is 12.4. The first-order valence-electron chi connectivity index (χ1n) is 9.67. The molecule has 0 saturated carbocycles. The van der Waals surface area contributed by atoms with Crippen LogP contribution in [0.25, 0.3) is 0 Å². The molecule has 2 N–H and O–H groups in total. The van der Waals surface area contributed by atoms with E-state index in [1.807, 2.05) is 30.3 Å². The number of rotatable bonds is 7. The highest BCUT2D eigenvalue weighted by Gasteiger charge is 2.13. The maximum Gasteiger partial charge on any atom is 0.343 e. The van der Waals surface area contributed by atoms with Gasteiger partial charge >= 0.3 is 17.8 Å². The lowest BCUT2D eigenvalue weighted by Gasteiger charge is -2.08. The molecule has 8 heteroatoms. The molecule has 0 saturated heterocycles. The normalized spacial score (nSPS) is 10.4. The predicted molar refractivity (Wildman–Crippen MR) is 118 cm³/mol. The molecule has 0 bridgehead atoms. The van der Waals surface area contributed by atoms with Gasteiger partial charge < -0.3 is 14.8 Å². The molecule has 0 fully saturated rings. The summed E-state index contributed by atoms with van der Waals surface area (Å²) < 4.78 is 10.6. The van der Waals surface area contributed by atoms with Gasteiger partial charge in [-0.25, -0.2) is 10.2 Å². The molecule has 32 heavy (non-hydrogen) atoms. The fourth-order valence-corrected chi connectivity index (χ4v) is 2.66. The molecule has 0 atom stereocenters. The highest BCUT2D eigenvalue weighted by molar-refractivity contribution is 6.35. The summed E-state index contributed by atoms with van der Waals surface area (Å²) in [4.78, 5) is 36.3. The summed E-state index contributed by atoms with van der Waals surface area (Å²) in [5.74, 6) is -1.53. The van der Waals surface area contributed by atoms with E-state index in [4.69, 9.17) is 9.47 Å². The van der Waals surface area contributed by atoms with Crippen LogP contribution < -0.4 is 20.2 Å². The number of hydrogen-bond donors (Lipinski definition) is 2. The topological polar surface area (TPSA) is 106 Å². The summed E-state index contributed by atoms with van der Waals surface area (Å²) in [7, 11) is 1.51. The minimum Gasteiger partial charge on any atom is -0.497 e. The van der Waals surface area contributed by atoms with E-state index in [0.29, 0.717) is 16.9 Å². The number of carbonyl (C=O) groups excluding carboxylic acids is 3. The average Bonchev–Trinajstić information content (AvgIpc) is 2.84. The minimum atomic E-state index is -0.914. The monoisotopic (exact) mass is 431 g/mol. The van der Waals surface area contributed by atoms with Crippen LogP contribution in [0.1, 0.15) is 21.5 Å². The van der Waals surface area contributed by atoms with Crippen LogP contribution in [0.15, 0.2) is 84.0 Å². The minimum absolute atomic E-state index is 0.222. The fourth-order valence-electron chi connectivity index (χ4n) is 2.66. The first kappa shape index (κ1) is 22.2. The Kier molecular flexibility index (Phi) is 7.69. The highest BCUT2D eigenvalue weighted by atomic mass is 16.5. The van der Waals surface area contributed by atoms with Crippen molar-refractivity contribution in [3.63, 3.8) is 0 Å². The predicted octanol–water partition coefficient (Wildman–Crippen LogP) is 2.68. The maximum absolute atomic E-state index is 12.4. The van der Waals surface area contributed by atoms with Crippen LogP contribution in [0.3, 0.4) is 0 Å². The quantitative estimate of drug-likeness (QED) is 0.197. The van der Waals surface area contributed by atoms with Gasteiger partial charge in [0.15, 0.2) is 0 Å². The average molecular weight is 431 g/mol. The van der Waals surface area contributed by atoms with Crippen LogP contribution in [0, 0.1) is 0 Å². The van der Waals surface area contributed by atoms with Crippen molar-refractivity contribution in [3.05, 3.63) is 95.6 Å². The van der Waals surface area contributed by atoms with Crippen molar-refractivity contribution in [1.29, 1.82) is 0 Å². The van der Waals surface area contributed by atoms with Gasteiger partial charge in [-0.1, -0.05) is 48.5 Å². The molecule has 0 aliphatic carbocycles. The molecule has 0 radical (unpaired) electrons. The van der Waals surface area contributed by atoms with E-state index in [1.165, 1.54) is 13.3 Å². The Hall–Kier alpha value is -4.46. The third kappa shape index (κ3) is 6.27. The molecule has 0 aliphatic heterocycles. The standard InChI is InChI=1S/C24H21N3O5/c1-31-20-12-7-11-18(14-20)24(30)32-21-13-6-5-10-19(21)16-26-27-23(29)22(28)25-15-17-8-3-2-4-9-17/h2-14,16H,15H2,1H3,(H,25,28)(H,27,29). The van der Waals surface area contributed by atoms with E-state index < -0.39 is 17.8 Å². The Morgan fingerprint density at radius 2 is 1.66 bits per heavy atom. The van der Waals surface area contributed by atoms with Gasteiger partial charge in [0.1, 0.15) is 11.5 Å². The fraction of sp³-hybridized carbons (Fsp3) is 0.0833. The second-order valence-electron chi connectivity index (χ2n) is 6.53. The number of ether oxygens (including phenoxy) is 2. The van der Waals surface area contributed by atoms with Gasteiger partial charge in [-0.3, -0.25) is 9.59 Å². The smallest absolute Gasteiger partial charge is 0.343 e. The Balaban J connectivity index is 1.58. The lowest BCUT2D eigenvalue weighted by molar-refractivity contribution is -0.139. The molecular formula is C24H21N3O5. The number of carbonyl (C=O) groups is 3. The highest BCUT2D eigenvalue weighted by Crippen LogP contribution is 2.19. The van der Waals surface area contributed by atoms with Crippen molar-refractivity contribution in [2.75, 3.05) is 7.11 Å².